The number of benzene rings is 2. The van der Waals surface area contributed by atoms with Crippen molar-refractivity contribution in [3.8, 4) is 0 Å². The van der Waals surface area contributed by atoms with Crippen molar-refractivity contribution in [2.24, 2.45) is 0 Å². The van der Waals surface area contributed by atoms with E-state index >= 15 is 0 Å². The number of hydrogen-bond donors (Lipinski definition) is 1. The molecular formula is C21H22N2O2S. The molecule has 0 aliphatic carbocycles. The van der Waals surface area contributed by atoms with E-state index < -0.39 is 0 Å². The topological polar surface area (TPSA) is 51.2 Å². The minimum atomic E-state index is -0.128. The number of amides is 1. The molecule has 1 amide bonds. The highest BCUT2D eigenvalue weighted by Crippen LogP contribution is 2.22. The van der Waals surface area contributed by atoms with Crippen molar-refractivity contribution in [2.45, 2.75) is 33.1 Å². The quantitative estimate of drug-likeness (QED) is 0.624. The molecule has 0 radical (unpaired) electrons. The van der Waals surface area contributed by atoms with E-state index in [1.54, 1.807) is 17.4 Å². The lowest BCUT2D eigenvalue weighted by Crippen LogP contribution is -2.20. The van der Waals surface area contributed by atoms with E-state index in [1.165, 1.54) is 6.08 Å². The summed E-state index contributed by atoms with van der Waals surface area (Å²) in [6.07, 6.45) is 3.51. The van der Waals surface area contributed by atoms with Crippen LogP contribution in [0.4, 0.5) is 0 Å². The van der Waals surface area contributed by atoms with Gasteiger partial charge < -0.3 is 10.1 Å². The lowest BCUT2D eigenvalue weighted by Gasteiger charge is -2.08. The smallest absolute Gasteiger partial charge is 0.244 e. The molecule has 1 aromatic heterocycles. The number of thiazole rings is 1. The summed E-state index contributed by atoms with van der Waals surface area (Å²) in [6.45, 7) is 5.14. The maximum atomic E-state index is 12.0. The van der Waals surface area contributed by atoms with Crippen LogP contribution in [0.3, 0.4) is 0 Å². The molecular weight excluding hydrogens is 344 g/mol. The molecule has 0 aliphatic rings. The monoisotopic (exact) mass is 366 g/mol. The summed E-state index contributed by atoms with van der Waals surface area (Å²) in [4.78, 5) is 16.5. The van der Waals surface area contributed by atoms with Crippen molar-refractivity contribution in [3.05, 3.63) is 70.7 Å². The number of rotatable bonds is 7. The van der Waals surface area contributed by atoms with Gasteiger partial charge in [0.1, 0.15) is 5.01 Å². The summed E-state index contributed by atoms with van der Waals surface area (Å²) >= 11 is 1.57. The summed E-state index contributed by atoms with van der Waals surface area (Å²) in [5.41, 5.74) is 3.14. The molecule has 3 rings (SSSR count). The van der Waals surface area contributed by atoms with Crippen molar-refractivity contribution in [3.63, 3.8) is 0 Å². The van der Waals surface area contributed by atoms with Crippen LogP contribution in [0, 0.1) is 0 Å². The number of nitrogens with zero attached hydrogens (tertiary/aromatic N) is 1. The molecule has 0 saturated carbocycles. The third-order valence-electron chi connectivity index (χ3n) is 3.76. The summed E-state index contributed by atoms with van der Waals surface area (Å²) in [6, 6.07) is 16.0. The second-order valence-electron chi connectivity index (χ2n) is 6.25. The highest BCUT2D eigenvalue weighted by atomic mass is 32.1. The fraction of sp³-hybridized carbons (Fsp3) is 0.238. The van der Waals surface area contributed by atoms with Crippen LogP contribution in [0.25, 0.3) is 16.3 Å². The molecule has 0 spiro atoms. The Hall–Kier alpha value is -2.50. The SMILES string of the molecule is CC(C)OCc1ccc(CNC(=O)/C=C/c2nc3ccccc3s2)cc1. The number of fused-ring (bicyclic) bond motifs is 1. The lowest BCUT2D eigenvalue weighted by atomic mass is 10.1. The third-order valence-corrected chi connectivity index (χ3v) is 4.76. The largest absolute Gasteiger partial charge is 0.374 e. The first-order valence-corrected chi connectivity index (χ1v) is 9.43. The molecule has 1 N–H and O–H groups in total. The van der Waals surface area contributed by atoms with Gasteiger partial charge in [-0.15, -0.1) is 11.3 Å². The average molecular weight is 366 g/mol. The second kappa shape index (κ2) is 8.74. The van der Waals surface area contributed by atoms with Crippen LogP contribution in [0.15, 0.2) is 54.6 Å². The van der Waals surface area contributed by atoms with Crippen molar-refractivity contribution in [1.82, 2.24) is 10.3 Å². The van der Waals surface area contributed by atoms with Gasteiger partial charge in [0.05, 0.1) is 22.9 Å². The predicted octanol–water partition coefficient (Wildman–Crippen LogP) is 4.55. The van der Waals surface area contributed by atoms with Gasteiger partial charge in [-0.2, -0.15) is 0 Å². The summed E-state index contributed by atoms with van der Waals surface area (Å²) in [5, 5.41) is 3.72. The fourth-order valence-electron chi connectivity index (χ4n) is 2.37. The zero-order valence-electron chi connectivity index (χ0n) is 14.9. The Kier molecular flexibility index (Phi) is 6.15. The zero-order chi connectivity index (χ0) is 18.4. The van der Waals surface area contributed by atoms with E-state index in [9.17, 15) is 4.79 Å². The second-order valence-corrected chi connectivity index (χ2v) is 7.31. The Balaban J connectivity index is 1.50. The number of para-hydroxylation sites is 1. The van der Waals surface area contributed by atoms with Gasteiger partial charge in [-0.05, 0) is 43.2 Å². The molecule has 0 saturated heterocycles. The van der Waals surface area contributed by atoms with Gasteiger partial charge in [0.2, 0.25) is 5.91 Å². The highest BCUT2D eigenvalue weighted by molar-refractivity contribution is 7.19. The van der Waals surface area contributed by atoms with Gasteiger partial charge in [0.25, 0.3) is 0 Å². The third kappa shape index (κ3) is 5.25. The van der Waals surface area contributed by atoms with Gasteiger partial charge in [-0.1, -0.05) is 36.4 Å². The van der Waals surface area contributed by atoms with Crippen LogP contribution in [0.1, 0.15) is 30.0 Å². The van der Waals surface area contributed by atoms with Crippen LogP contribution in [0.2, 0.25) is 0 Å². The van der Waals surface area contributed by atoms with Gasteiger partial charge in [-0.3, -0.25) is 4.79 Å². The van der Waals surface area contributed by atoms with E-state index in [-0.39, 0.29) is 12.0 Å². The molecule has 5 heteroatoms. The molecule has 3 aromatic rings. The molecule has 0 unspecified atom stereocenters. The molecule has 26 heavy (non-hydrogen) atoms. The Morgan fingerprint density at radius 2 is 1.88 bits per heavy atom. The summed E-state index contributed by atoms with van der Waals surface area (Å²) in [7, 11) is 0. The van der Waals surface area contributed by atoms with Crippen molar-refractivity contribution >= 4 is 33.5 Å². The van der Waals surface area contributed by atoms with Crippen LogP contribution < -0.4 is 5.32 Å². The van der Waals surface area contributed by atoms with E-state index in [0.29, 0.717) is 13.2 Å². The van der Waals surface area contributed by atoms with E-state index in [2.05, 4.69) is 10.3 Å². The number of hydrogen-bond acceptors (Lipinski definition) is 4. The number of carbonyl (C=O) groups excluding carboxylic acids is 1. The molecule has 2 aromatic carbocycles. The van der Waals surface area contributed by atoms with E-state index in [4.69, 9.17) is 4.74 Å². The zero-order valence-corrected chi connectivity index (χ0v) is 15.8. The van der Waals surface area contributed by atoms with E-state index in [1.807, 2.05) is 62.4 Å². The minimum Gasteiger partial charge on any atom is -0.374 e. The van der Waals surface area contributed by atoms with Gasteiger partial charge >= 0.3 is 0 Å². The maximum absolute atomic E-state index is 12.0. The first-order valence-electron chi connectivity index (χ1n) is 8.61. The van der Waals surface area contributed by atoms with Crippen LogP contribution in [0.5, 0.6) is 0 Å². The Labute approximate surface area is 157 Å². The van der Waals surface area contributed by atoms with E-state index in [0.717, 1.165) is 26.4 Å². The molecule has 0 atom stereocenters. The molecule has 134 valence electrons. The Morgan fingerprint density at radius 1 is 1.15 bits per heavy atom. The van der Waals surface area contributed by atoms with Crippen LogP contribution in [-0.2, 0) is 22.7 Å². The fourth-order valence-corrected chi connectivity index (χ4v) is 3.24. The number of aromatic nitrogens is 1. The maximum Gasteiger partial charge on any atom is 0.244 e. The first kappa shape index (κ1) is 18.3. The van der Waals surface area contributed by atoms with Gasteiger partial charge in [0.15, 0.2) is 0 Å². The molecule has 4 nitrogen and oxygen atoms in total. The minimum absolute atomic E-state index is 0.128. The van der Waals surface area contributed by atoms with Crippen LogP contribution in [-0.4, -0.2) is 17.0 Å². The Bertz CT molecular complexity index is 865. The van der Waals surface area contributed by atoms with Gasteiger partial charge in [-0.25, -0.2) is 4.98 Å². The molecule has 1 heterocycles. The number of ether oxygens (including phenoxy) is 1. The predicted molar refractivity (Wildman–Crippen MR) is 107 cm³/mol. The van der Waals surface area contributed by atoms with Crippen LogP contribution >= 0.6 is 11.3 Å². The summed E-state index contributed by atoms with van der Waals surface area (Å²) < 4.78 is 6.70. The van der Waals surface area contributed by atoms with Crippen molar-refractivity contribution < 1.29 is 9.53 Å². The first-order chi connectivity index (χ1) is 12.6. The lowest BCUT2D eigenvalue weighted by molar-refractivity contribution is -0.116. The Morgan fingerprint density at radius 3 is 2.62 bits per heavy atom. The summed E-state index contributed by atoms with van der Waals surface area (Å²) in [5.74, 6) is -0.128. The van der Waals surface area contributed by atoms with Crippen molar-refractivity contribution in [2.75, 3.05) is 0 Å². The molecule has 0 aliphatic heterocycles. The highest BCUT2D eigenvalue weighted by Gasteiger charge is 2.02. The average Bonchev–Trinajstić information content (AvgIpc) is 3.07. The normalized spacial score (nSPS) is 11.5. The number of carbonyl (C=O) groups is 1. The standard InChI is InChI=1S/C21H22N2O2S/c1-15(2)25-14-17-9-7-16(8-10-17)13-22-20(24)11-12-21-23-18-5-3-4-6-19(18)26-21/h3-12,15H,13-14H2,1-2H3,(H,22,24)/b12-11+. The molecule has 0 bridgehead atoms. The van der Waals surface area contributed by atoms with Crippen molar-refractivity contribution in [1.29, 1.82) is 0 Å². The number of nitrogens with one attached hydrogen (secondary N) is 1. The molecule has 0 fully saturated rings. The van der Waals surface area contributed by atoms with Gasteiger partial charge in [0, 0.05) is 12.6 Å².